The number of carbonyl (C=O) groups is 2. The van der Waals surface area contributed by atoms with Crippen LogP contribution in [-0.4, -0.2) is 56.0 Å². The summed E-state index contributed by atoms with van der Waals surface area (Å²) in [5.74, 6) is 0.119. The number of hydrogen-bond donors (Lipinski definition) is 1. The van der Waals surface area contributed by atoms with E-state index in [0.717, 1.165) is 56.4 Å². The maximum absolute atomic E-state index is 12.8. The molecule has 2 aliphatic rings. The highest BCUT2D eigenvalue weighted by molar-refractivity contribution is 6.04. The summed E-state index contributed by atoms with van der Waals surface area (Å²) >= 11 is 0. The van der Waals surface area contributed by atoms with E-state index < -0.39 is 0 Å². The maximum atomic E-state index is 12.8. The normalized spacial score (nSPS) is 17.2. The van der Waals surface area contributed by atoms with Crippen molar-refractivity contribution in [3.05, 3.63) is 64.7 Å². The second-order valence-corrected chi connectivity index (χ2v) is 10.7. The molecule has 7 heteroatoms. The minimum Gasteiger partial charge on any atom is -0.466 e. The Morgan fingerprint density at radius 1 is 1.03 bits per heavy atom. The third-order valence-electron chi connectivity index (χ3n) is 7.54. The molecule has 1 aliphatic carbocycles. The number of aryl methyl sites for hydroxylation is 1. The topological polar surface area (TPSA) is 80.2 Å². The lowest BCUT2D eigenvalue weighted by Gasteiger charge is -2.24. The van der Waals surface area contributed by atoms with Crippen LogP contribution in [0.3, 0.4) is 0 Å². The summed E-state index contributed by atoms with van der Waals surface area (Å²) in [6.45, 7) is 5.76. The summed E-state index contributed by atoms with van der Waals surface area (Å²) in [7, 11) is 0. The van der Waals surface area contributed by atoms with Crippen molar-refractivity contribution in [1.82, 2.24) is 5.01 Å². The Hall–Kier alpha value is -3.19. The van der Waals surface area contributed by atoms with Crippen molar-refractivity contribution < 1.29 is 19.1 Å². The molecule has 1 atom stereocenters. The van der Waals surface area contributed by atoms with E-state index in [1.165, 1.54) is 36.8 Å². The van der Waals surface area contributed by atoms with Gasteiger partial charge in [-0.1, -0.05) is 57.2 Å². The third kappa shape index (κ3) is 9.50. The molecule has 0 saturated carbocycles. The first-order valence-electron chi connectivity index (χ1n) is 14.7. The molecular formula is C32H43N3O4. The first kappa shape index (κ1) is 28.8. The number of unbranched alkanes of at least 4 members (excludes halogenated alkanes) is 5. The Morgan fingerprint density at radius 2 is 1.79 bits per heavy atom. The van der Waals surface area contributed by atoms with Crippen molar-refractivity contribution in [1.29, 1.82) is 0 Å². The standard InChI is InChI=1S/C32H43N3O4/c1-2-3-4-5-6-7-18-39-31(36)22-26-10-13-29-23-30(15-14-28(29)21-26)34-32(37)27-11-8-25(9-12-27)24-33-35-16-19-38-20-17-35/h8-9,11-12,14-15,23-24,26H,2-7,10,13,16-22H2,1H3,(H,34,37)/b33-24+. The first-order chi connectivity index (χ1) is 19.1. The summed E-state index contributed by atoms with van der Waals surface area (Å²) in [6.07, 6.45) is 12.2. The predicted molar refractivity (Wildman–Crippen MR) is 155 cm³/mol. The monoisotopic (exact) mass is 533 g/mol. The average molecular weight is 534 g/mol. The van der Waals surface area contributed by atoms with Crippen LogP contribution in [0.4, 0.5) is 5.69 Å². The number of fused-ring (bicyclic) bond motifs is 1. The Kier molecular flexibility index (Phi) is 11.4. The van der Waals surface area contributed by atoms with Gasteiger partial charge in [0.2, 0.25) is 0 Å². The Labute approximate surface area is 233 Å². The average Bonchev–Trinajstić information content (AvgIpc) is 2.96. The fourth-order valence-corrected chi connectivity index (χ4v) is 5.19. The van der Waals surface area contributed by atoms with Crippen molar-refractivity contribution >= 4 is 23.8 Å². The molecule has 210 valence electrons. The number of esters is 1. The van der Waals surface area contributed by atoms with Crippen LogP contribution in [0.25, 0.3) is 0 Å². The lowest BCUT2D eigenvalue weighted by Crippen LogP contribution is -2.32. The molecule has 0 spiro atoms. The molecule has 1 unspecified atom stereocenters. The van der Waals surface area contributed by atoms with E-state index in [1.54, 1.807) is 0 Å². The van der Waals surface area contributed by atoms with E-state index in [0.29, 0.717) is 37.7 Å². The van der Waals surface area contributed by atoms with Crippen LogP contribution in [-0.2, 0) is 27.1 Å². The summed E-state index contributed by atoms with van der Waals surface area (Å²) in [4.78, 5) is 25.1. The molecule has 1 fully saturated rings. The van der Waals surface area contributed by atoms with Crippen molar-refractivity contribution in [2.24, 2.45) is 11.0 Å². The van der Waals surface area contributed by atoms with Gasteiger partial charge in [-0.3, -0.25) is 14.6 Å². The Morgan fingerprint density at radius 3 is 2.59 bits per heavy atom. The molecule has 2 aromatic rings. The smallest absolute Gasteiger partial charge is 0.306 e. The van der Waals surface area contributed by atoms with Gasteiger partial charge >= 0.3 is 5.97 Å². The number of amides is 1. The number of nitrogens with one attached hydrogen (secondary N) is 1. The molecule has 1 aliphatic heterocycles. The summed E-state index contributed by atoms with van der Waals surface area (Å²) < 4.78 is 10.8. The van der Waals surface area contributed by atoms with Crippen molar-refractivity contribution in [3.8, 4) is 0 Å². The zero-order valence-electron chi connectivity index (χ0n) is 23.3. The molecular weight excluding hydrogens is 490 g/mol. The minimum absolute atomic E-state index is 0.0701. The van der Waals surface area contributed by atoms with E-state index in [-0.39, 0.29) is 11.9 Å². The fraction of sp³-hybridized carbons (Fsp3) is 0.531. The highest BCUT2D eigenvalue weighted by Gasteiger charge is 2.22. The largest absolute Gasteiger partial charge is 0.466 e. The quantitative estimate of drug-likeness (QED) is 0.194. The van der Waals surface area contributed by atoms with Gasteiger partial charge in [0, 0.05) is 17.7 Å². The van der Waals surface area contributed by atoms with Gasteiger partial charge in [0.1, 0.15) is 0 Å². The summed E-state index contributed by atoms with van der Waals surface area (Å²) in [5, 5.41) is 9.51. The van der Waals surface area contributed by atoms with E-state index >= 15 is 0 Å². The molecule has 1 amide bonds. The SMILES string of the molecule is CCCCCCCCOC(=O)CC1CCc2cc(NC(=O)c3ccc(/C=N/N4CCOCC4)cc3)ccc2C1. The lowest BCUT2D eigenvalue weighted by atomic mass is 9.82. The first-order valence-corrected chi connectivity index (χ1v) is 14.7. The molecule has 1 heterocycles. The number of anilines is 1. The predicted octanol–water partition coefficient (Wildman–Crippen LogP) is 6.00. The molecule has 0 radical (unpaired) electrons. The maximum Gasteiger partial charge on any atom is 0.306 e. The van der Waals surface area contributed by atoms with Gasteiger partial charge in [-0.15, -0.1) is 0 Å². The Balaban J connectivity index is 1.20. The van der Waals surface area contributed by atoms with Gasteiger partial charge in [-0.2, -0.15) is 5.10 Å². The minimum atomic E-state index is -0.131. The Bertz CT molecular complexity index is 1090. The fourth-order valence-electron chi connectivity index (χ4n) is 5.19. The van der Waals surface area contributed by atoms with Crippen LogP contribution < -0.4 is 5.32 Å². The van der Waals surface area contributed by atoms with Gasteiger partial charge in [0.15, 0.2) is 0 Å². The van der Waals surface area contributed by atoms with Crippen molar-refractivity contribution in [3.63, 3.8) is 0 Å². The molecule has 0 aromatic heterocycles. The molecule has 1 saturated heterocycles. The van der Waals surface area contributed by atoms with Crippen LogP contribution in [0.5, 0.6) is 0 Å². The number of ether oxygens (including phenoxy) is 2. The van der Waals surface area contributed by atoms with E-state index in [1.807, 2.05) is 41.6 Å². The number of nitrogens with zero attached hydrogens (tertiary/aromatic N) is 2. The van der Waals surface area contributed by atoms with Crippen LogP contribution in [0.1, 0.15) is 85.3 Å². The zero-order valence-corrected chi connectivity index (χ0v) is 23.3. The van der Waals surface area contributed by atoms with Crippen LogP contribution >= 0.6 is 0 Å². The van der Waals surface area contributed by atoms with Gasteiger partial charge in [-0.25, -0.2) is 0 Å². The second kappa shape index (κ2) is 15.4. The van der Waals surface area contributed by atoms with E-state index in [4.69, 9.17) is 9.47 Å². The summed E-state index contributed by atoms with van der Waals surface area (Å²) in [5.41, 5.74) is 4.87. The summed E-state index contributed by atoms with van der Waals surface area (Å²) in [6, 6.07) is 13.6. The number of benzene rings is 2. The van der Waals surface area contributed by atoms with Crippen LogP contribution in [0, 0.1) is 5.92 Å². The van der Waals surface area contributed by atoms with Crippen molar-refractivity contribution in [2.75, 3.05) is 38.2 Å². The third-order valence-corrected chi connectivity index (χ3v) is 7.54. The number of morpholine rings is 1. The molecule has 2 aromatic carbocycles. The molecule has 4 rings (SSSR count). The van der Waals surface area contributed by atoms with E-state index in [9.17, 15) is 9.59 Å². The number of carbonyl (C=O) groups excluding carboxylic acids is 2. The van der Waals surface area contributed by atoms with E-state index in [2.05, 4.69) is 29.5 Å². The van der Waals surface area contributed by atoms with Crippen LogP contribution in [0.2, 0.25) is 0 Å². The van der Waals surface area contributed by atoms with Crippen molar-refractivity contribution in [2.45, 2.75) is 71.1 Å². The molecule has 39 heavy (non-hydrogen) atoms. The molecule has 0 bridgehead atoms. The van der Waals surface area contributed by atoms with Gasteiger partial charge < -0.3 is 14.8 Å². The number of hydrogen-bond acceptors (Lipinski definition) is 6. The highest BCUT2D eigenvalue weighted by atomic mass is 16.5. The van der Waals surface area contributed by atoms with Crippen LogP contribution in [0.15, 0.2) is 47.6 Å². The molecule has 7 nitrogen and oxygen atoms in total. The highest BCUT2D eigenvalue weighted by Crippen LogP contribution is 2.30. The number of hydrazone groups is 1. The molecule has 1 N–H and O–H groups in total. The second-order valence-electron chi connectivity index (χ2n) is 10.7. The van der Waals surface area contributed by atoms with Gasteiger partial charge in [0.05, 0.1) is 39.1 Å². The van der Waals surface area contributed by atoms with Gasteiger partial charge in [-0.05, 0) is 72.6 Å². The number of rotatable bonds is 13. The van der Waals surface area contributed by atoms with Gasteiger partial charge in [0.25, 0.3) is 5.91 Å². The lowest BCUT2D eigenvalue weighted by molar-refractivity contribution is -0.145. The zero-order chi connectivity index (χ0) is 27.3.